The Balaban J connectivity index is 2.41. The number of aromatic nitrogens is 2. The molecule has 19 heavy (non-hydrogen) atoms. The Morgan fingerprint density at radius 3 is 2.42 bits per heavy atom. The molecule has 2 aromatic rings. The molecule has 0 fully saturated rings. The highest BCUT2D eigenvalue weighted by Gasteiger charge is 2.11. The fourth-order valence-corrected chi connectivity index (χ4v) is 2.02. The third-order valence-electron chi connectivity index (χ3n) is 2.45. The van der Waals surface area contributed by atoms with Gasteiger partial charge in [-0.3, -0.25) is 0 Å². The van der Waals surface area contributed by atoms with Gasteiger partial charge in [0.15, 0.2) is 0 Å². The van der Waals surface area contributed by atoms with Gasteiger partial charge in [-0.1, -0.05) is 23.2 Å². The van der Waals surface area contributed by atoms with E-state index in [2.05, 4.69) is 20.6 Å². The highest BCUT2D eigenvalue weighted by Crippen LogP contribution is 2.34. The summed E-state index contributed by atoms with van der Waals surface area (Å²) < 4.78 is 13.1. The second-order valence-electron chi connectivity index (χ2n) is 3.84. The molecule has 7 heteroatoms. The van der Waals surface area contributed by atoms with Gasteiger partial charge in [0.05, 0.1) is 15.7 Å². The second kappa shape index (κ2) is 5.59. The molecule has 2 rings (SSSR count). The van der Waals surface area contributed by atoms with Gasteiger partial charge in [-0.2, -0.15) is 4.98 Å². The maximum absolute atomic E-state index is 13.1. The van der Waals surface area contributed by atoms with E-state index in [9.17, 15) is 4.39 Å². The lowest BCUT2D eigenvalue weighted by atomic mass is 10.3. The van der Waals surface area contributed by atoms with Crippen molar-refractivity contribution in [3.8, 4) is 0 Å². The van der Waals surface area contributed by atoms with Crippen molar-refractivity contribution in [3.05, 3.63) is 39.8 Å². The van der Waals surface area contributed by atoms with Crippen molar-refractivity contribution in [1.82, 2.24) is 9.97 Å². The predicted octanol–water partition coefficient (Wildman–Crippen LogP) is 4.02. The standard InChI is InChI=1S/C12H11Cl2FN4/c1-6-5-17-12(16-2)19-11(6)18-10-8(13)3-7(15)4-9(10)14/h3-5H,1-2H3,(H2,16,17,18,19). The van der Waals surface area contributed by atoms with Crippen molar-refractivity contribution in [2.75, 3.05) is 17.7 Å². The summed E-state index contributed by atoms with van der Waals surface area (Å²) in [6.07, 6.45) is 1.66. The van der Waals surface area contributed by atoms with E-state index in [1.807, 2.05) is 6.92 Å². The Hall–Kier alpha value is -1.59. The Labute approximate surface area is 120 Å². The van der Waals surface area contributed by atoms with E-state index < -0.39 is 5.82 Å². The van der Waals surface area contributed by atoms with E-state index in [1.54, 1.807) is 13.2 Å². The minimum absolute atomic E-state index is 0.189. The van der Waals surface area contributed by atoms with Crippen LogP contribution in [0.1, 0.15) is 5.56 Å². The molecule has 2 N–H and O–H groups in total. The van der Waals surface area contributed by atoms with E-state index in [1.165, 1.54) is 12.1 Å². The number of anilines is 3. The first-order chi connectivity index (χ1) is 9.01. The molecule has 1 aromatic heterocycles. The van der Waals surface area contributed by atoms with Crippen molar-refractivity contribution < 1.29 is 4.39 Å². The van der Waals surface area contributed by atoms with Gasteiger partial charge in [0, 0.05) is 18.8 Å². The van der Waals surface area contributed by atoms with E-state index in [4.69, 9.17) is 23.2 Å². The quantitative estimate of drug-likeness (QED) is 0.899. The third-order valence-corrected chi connectivity index (χ3v) is 3.04. The molecule has 4 nitrogen and oxygen atoms in total. The smallest absolute Gasteiger partial charge is 0.224 e. The van der Waals surface area contributed by atoms with Gasteiger partial charge in [0.2, 0.25) is 5.95 Å². The first kappa shape index (κ1) is 13.8. The van der Waals surface area contributed by atoms with Crippen LogP contribution in [0.5, 0.6) is 0 Å². The molecule has 0 atom stereocenters. The molecule has 0 aliphatic heterocycles. The lowest BCUT2D eigenvalue weighted by molar-refractivity contribution is 0.628. The lowest BCUT2D eigenvalue weighted by Gasteiger charge is -2.12. The van der Waals surface area contributed by atoms with Crippen molar-refractivity contribution in [2.24, 2.45) is 0 Å². The maximum atomic E-state index is 13.1. The second-order valence-corrected chi connectivity index (χ2v) is 4.66. The summed E-state index contributed by atoms with van der Waals surface area (Å²) in [5.41, 5.74) is 1.23. The Bertz CT molecular complexity index is 596. The number of nitrogens with one attached hydrogen (secondary N) is 2. The molecule has 1 aromatic carbocycles. The molecular formula is C12H11Cl2FN4. The van der Waals surface area contributed by atoms with Crippen molar-refractivity contribution in [3.63, 3.8) is 0 Å². The van der Waals surface area contributed by atoms with Crippen LogP contribution in [0.15, 0.2) is 18.3 Å². The van der Waals surface area contributed by atoms with Crippen LogP contribution in [0.4, 0.5) is 21.8 Å². The monoisotopic (exact) mass is 300 g/mol. The molecule has 0 bridgehead atoms. The van der Waals surface area contributed by atoms with Crippen LogP contribution in [0.2, 0.25) is 10.0 Å². The zero-order valence-corrected chi connectivity index (χ0v) is 11.8. The van der Waals surface area contributed by atoms with Gasteiger partial charge in [-0.25, -0.2) is 9.37 Å². The van der Waals surface area contributed by atoms with E-state index in [0.29, 0.717) is 17.5 Å². The predicted molar refractivity (Wildman–Crippen MR) is 76.0 cm³/mol. The van der Waals surface area contributed by atoms with Crippen LogP contribution < -0.4 is 10.6 Å². The third kappa shape index (κ3) is 3.05. The zero-order chi connectivity index (χ0) is 14.0. The van der Waals surface area contributed by atoms with Crippen LogP contribution >= 0.6 is 23.2 Å². The summed E-state index contributed by atoms with van der Waals surface area (Å²) in [5.74, 6) is 0.521. The van der Waals surface area contributed by atoms with E-state index in [-0.39, 0.29) is 10.0 Å². The van der Waals surface area contributed by atoms with Gasteiger partial charge >= 0.3 is 0 Å². The Kier molecular flexibility index (Phi) is 4.07. The van der Waals surface area contributed by atoms with Crippen molar-refractivity contribution in [1.29, 1.82) is 0 Å². The summed E-state index contributed by atoms with van der Waals surface area (Å²) >= 11 is 11.9. The largest absolute Gasteiger partial charge is 0.357 e. The molecular weight excluding hydrogens is 290 g/mol. The summed E-state index contributed by atoms with van der Waals surface area (Å²) in [4.78, 5) is 8.32. The Morgan fingerprint density at radius 2 is 1.84 bits per heavy atom. The minimum Gasteiger partial charge on any atom is -0.357 e. The van der Waals surface area contributed by atoms with E-state index in [0.717, 1.165) is 5.56 Å². The summed E-state index contributed by atoms with van der Waals surface area (Å²) in [7, 11) is 1.71. The molecule has 0 saturated heterocycles. The lowest BCUT2D eigenvalue weighted by Crippen LogP contribution is -2.03. The average molecular weight is 301 g/mol. The first-order valence-corrected chi connectivity index (χ1v) is 6.20. The number of halogens is 3. The SMILES string of the molecule is CNc1ncc(C)c(Nc2c(Cl)cc(F)cc2Cl)n1. The van der Waals surface area contributed by atoms with Gasteiger partial charge in [-0.15, -0.1) is 0 Å². The van der Waals surface area contributed by atoms with Crippen molar-refractivity contribution in [2.45, 2.75) is 6.92 Å². The van der Waals surface area contributed by atoms with Crippen LogP contribution in [-0.4, -0.2) is 17.0 Å². The summed E-state index contributed by atoms with van der Waals surface area (Å²) in [5, 5.41) is 6.20. The van der Waals surface area contributed by atoms with Crippen LogP contribution in [-0.2, 0) is 0 Å². The number of rotatable bonds is 3. The number of aryl methyl sites for hydroxylation is 1. The molecule has 0 aliphatic carbocycles. The topological polar surface area (TPSA) is 49.8 Å². The first-order valence-electron chi connectivity index (χ1n) is 5.44. The molecule has 0 spiro atoms. The zero-order valence-electron chi connectivity index (χ0n) is 10.3. The average Bonchev–Trinajstić information content (AvgIpc) is 2.35. The van der Waals surface area contributed by atoms with Gasteiger partial charge < -0.3 is 10.6 Å². The van der Waals surface area contributed by atoms with Crippen molar-refractivity contribution >= 4 is 40.7 Å². The molecule has 0 radical (unpaired) electrons. The fraction of sp³-hybridized carbons (Fsp3) is 0.167. The van der Waals surface area contributed by atoms with Crippen LogP contribution in [0.25, 0.3) is 0 Å². The van der Waals surface area contributed by atoms with Crippen LogP contribution in [0.3, 0.4) is 0 Å². The van der Waals surface area contributed by atoms with Gasteiger partial charge in [0.25, 0.3) is 0 Å². The normalized spacial score (nSPS) is 10.4. The van der Waals surface area contributed by atoms with Gasteiger partial charge in [0.1, 0.15) is 11.6 Å². The van der Waals surface area contributed by atoms with E-state index >= 15 is 0 Å². The number of hydrogen-bond donors (Lipinski definition) is 2. The summed E-state index contributed by atoms with van der Waals surface area (Å²) in [6, 6.07) is 2.37. The molecule has 100 valence electrons. The number of nitrogens with zero attached hydrogens (tertiary/aromatic N) is 2. The number of benzene rings is 1. The highest BCUT2D eigenvalue weighted by molar-refractivity contribution is 6.39. The molecule has 1 heterocycles. The Morgan fingerprint density at radius 1 is 1.21 bits per heavy atom. The fourth-order valence-electron chi connectivity index (χ4n) is 1.47. The molecule has 0 unspecified atom stereocenters. The molecule has 0 amide bonds. The highest BCUT2D eigenvalue weighted by atomic mass is 35.5. The van der Waals surface area contributed by atoms with Crippen LogP contribution in [0, 0.1) is 12.7 Å². The maximum Gasteiger partial charge on any atom is 0.224 e. The van der Waals surface area contributed by atoms with Gasteiger partial charge in [-0.05, 0) is 19.1 Å². The number of hydrogen-bond acceptors (Lipinski definition) is 4. The minimum atomic E-state index is -0.490. The summed E-state index contributed by atoms with van der Waals surface area (Å²) in [6.45, 7) is 1.84. The molecule has 0 saturated carbocycles. The molecule has 0 aliphatic rings.